The number of hydrogen-bond donors (Lipinski definition) is 4. The lowest BCUT2D eigenvalue weighted by Crippen LogP contribution is -2.54. The Kier molecular flexibility index (Phi) is 9.98. The summed E-state index contributed by atoms with van der Waals surface area (Å²) >= 11 is 0. The van der Waals surface area contributed by atoms with Gasteiger partial charge in [-0.3, -0.25) is 19.2 Å². The number of allylic oxidation sites excluding steroid dienone is 1. The Bertz CT molecular complexity index is 959. The number of nitrogens with zero attached hydrogens (tertiary/aromatic N) is 1. The van der Waals surface area contributed by atoms with Gasteiger partial charge in [0.25, 0.3) is 5.91 Å². The highest BCUT2D eigenvalue weighted by Gasteiger charge is 2.37. The van der Waals surface area contributed by atoms with Gasteiger partial charge in [-0.15, -0.1) is 0 Å². The number of likely N-dealkylation sites (tertiary alicyclic amines) is 1. The predicted molar refractivity (Wildman–Crippen MR) is 131 cm³/mol. The summed E-state index contributed by atoms with van der Waals surface area (Å²) in [6, 6.07) is 3.91. The van der Waals surface area contributed by atoms with Crippen molar-refractivity contribution in [3.63, 3.8) is 0 Å². The van der Waals surface area contributed by atoms with E-state index in [1.807, 2.05) is 0 Å². The number of rotatable bonds is 12. The monoisotopic (exact) mass is 486 g/mol. The molecule has 0 bridgehead atoms. The molecule has 1 aromatic rings. The molecule has 2 rings (SSSR count). The van der Waals surface area contributed by atoms with E-state index in [1.165, 1.54) is 11.8 Å². The molecule has 0 saturated carbocycles. The van der Waals surface area contributed by atoms with Crippen LogP contribution in [0.5, 0.6) is 0 Å². The van der Waals surface area contributed by atoms with Gasteiger partial charge in [-0.2, -0.15) is 0 Å². The third kappa shape index (κ3) is 8.24. The first-order chi connectivity index (χ1) is 16.5. The molecular weight excluding hydrogens is 452 g/mol. The third-order valence-electron chi connectivity index (χ3n) is 5.57. The number of amides is 3. The number of anilines is 1. The van der Waals surface area contributed by atoms with Crippen LogP contribution >= 0.6 is 0 Å². The Morgan fingerprint density at radius 2 is 1.77 bits per heavy atom. The molecule has 0 aliphatic carbocycles. The Balaban J connectivity index is 1.95. The van der Waals surface area contributed by atoms with E-state index >= 15 is 0 Å². The number of nitrogens with one attached hydrogen (secondary N) is 3. The topological polar surface area (TPSA) is 145 Å². The van der Waals surface area contributed by atoms with Crippen LogP contribution < -0.4 is 16.0 Å². The molecule has 1 aliphatic heterocycles. The molecule has 3 atom stereocenters. The second kappa shape index (κ2) is 12.7. The van der Waals surface area contributed by atoms with E-state index in [-0.39, 0.29) is 0 Å². The number of benzene rings is 1. The van der Waals surface area contributed by atoms with Crippen molar-refractivity contribution in [1.29, 1.82) is 0 Å². The SMILES string of the molecule is C=C(CC(C)C)Nc1ccc(C(=O)NC(C)C(=O)N2CCCC2C(=O)NC(C=O)CC(=O)O)cc1. The minimum atomic E-state index is -1.22. The molecule has 1 saturated heterocycles. The highest BCUT2D eigenvalue weighted by atomic mass is 16.4. The largest absolute Gasteiger partial charge is 0.481 e. The quantitative estimate of drug-likeness (QED) is 0.330. The van der Waals surface area contributed by atoms with Crippen molar-refractivity contribution >= 4 is 35.7 Å². The predicted octanol–water partition coefficient (Wildman–Crippen LogP) is 1.93. The zero-order chi connectivity index (χ0) is 26.1. The van der Waals surface area contributed by atoms with E-state index in [4.69, 9.17) is 5.11 Å². The molecule has 190 valence electrons. The average molecular weight is 487 g/mol. The van der Waals surface area contributed by atoms with Crippen molar-refractivity contribution in [1.82, 2.24) is 15.5 Å². The van der Waals surface area contributed by atoms with Crippen LogP contribution in [0.2, 0.25) is 0 Å². The van der Waals surface area contributed by atoms with Crippen molar-refractivity contribution < 1.29 is 29.1 Å². The molecule has 1 aliphatic rings. The Morgan fingerprint density at radius 1 is 1.11 bits per heavy atom. The zero-order valence-corrected chi connectivity index (χ0v) is 20.4. The summed E-state index contributed by atoms with van der Waals surface area (Å²) in [7, 11) is 0. The molecule has 10 heteroatoms. The van der Waals surface area contributed by atoms with E-state index in [2.05, 4.69) is 36.4 Å². The van der Waals surface area contributed by atoms with Crippen molar-refractivity contribution in [2.75, 3.05) is 11.9 Å². The molecule has 1 heterocycles. The Labute approximate surface area is 205 Å². The summed E-state index contributed by atoms with van der Waals surface area (Å²) in [4.78, 5) is 61.5. The maximum absolute atomic E-state index is 13.0. The minimum absolute atomic E-state index is 0.322. The fourth-order valence-electron chi connectivity index (χ4n) is 3.95. The summed E-state index contributed by atoms with van der Waals surface area (Å²) in [5.74, 6) is -2.20. The zero-order valence-electron chi connectivity index (χ0n) is 20.4. The van der Waals surface area contributed by atoms with Gasteiger partial charge in [-0.25, -0.2) is 0 Å². The first kappa shape index (κ1) is 27.6. The van der Waals surface area contributed by atoms with Crippen LogP contribution in [-0.2, 0) is 19.2 Å². The van der Waals surface area contributed by atoms with Crippen LogP contribution in [0.3, 0.4) is 0 Å². The Morgan fingerprint density at radius 3 is 2.34 bits per heavy atom. The van der Waals surface area contributed by atoms with Gasteiger partial charge in [0.2, 0.25) is 11.8 Å². The fourth-order valence-corrected chi connectivity index (χ4v) is 3.95. The lowest BCUT2D eigenvalue weighted by Gasteiger charge is -2.27. The van der Waals surface area contributed by atoms with Gasteiger partial charge in [0, 0.05) is 23.5 Å². The molecule has 3 amide bonds. The standard InChI is InChI=1S/C25H34N4O6/c1-15(2)12-16(3)26-19-9-7-18(8-10-19)23(33)27-17(4)25(35)29-11-5-6-21(29)24(34)28-20(14-30)13-22(31)32/h7-10,14-15,17,20-21,26H,3,5-6,11-13H2,1-2,4H3,(H,27,33)(H,28,34)(H,31,32). The number of carboxylic acid groups (broad SMARTS) is 1. The molecule has 0 spiro atoms. The molecule has 35 heavy (non-hydrogen) atoms. The highest BCUT2D eigenvalue weighted by molar-refractivity contribution is 5.98. The summed E-state index contributed by atoms with van der Waals surface area (Å²) in [6.45, 7) is 10.0. The number of aldehydes is 1. The second-order valence-corrected chi connectivity index (χ2v) is 9.14. The molecule has 1 aromatic carbocycles. The van der Waals surface area contributed by atoms with Crippen molar-refractivity contribution in [2.45, 2.75) is 64.6 Å². The van der Waals surface area contributed by atoms with Crippen molar-refractivity contribution in [3.8, 4) is 0 Å². The van der Waals surface area contributed by atoms with Gasteiger partial charge in [0.1, 0.15) is 18.4 Å². The molecule has 3 unspecified atom stereocenters. The fraction of sp³-hybridized carbons (Fsp3) is 0.480. The van der Waals surface area contributed by atoms with Gasteiger partial charge in [0.05, 0.1) is 12.5 Å². The number of carboxylic acids is 1. The lowest BCUT2D eigenvalue weighted by molar-refractivity contribution is -0.141. The van der Waals surface area contributed by atoms with Crippen molar-refractivity contribution in [3.05, 3.63) is 42.1 Å². The van der Waals surface area contributed by atoms with Gasteiger partial charge < -0.3 is 30.8 Å². The summed E-state index contributed by atoms with van der Waals surface area (Å²) in [5, 5.41) is 17.1. The number of carbonyl (C=O) groups is 5. The maximum atomic E-state index is 13.0. The van der Waals surface area contributed by atoms with Crippen LogP contribution in [0.15, 0.2) is 36.5 Å². The lowest BCUT2D eigenvalue weighted by atomic mass is 10.1. The van der Waals surface area contributed by atoms with Crippen LogP contribution in [0.1, 0.15) is 56.8 Å². The third-order valence-corrected chi connectivity index (χ3v) is 5.57. The van der Waals surface area contributed by atoms with E-state index < -0.39 is 48.2 Å². The Hall–Kier alpha value is -3.69. The van der Waals surface area contributed by atoms with Gasteiger partial charge in [0.15, 0.2) is 0 Å². The minimum Gasteiger partial charge on any atom is -0.481 e. The summed E-state index contributed by atoms with van der Waals surface area (Å²) in [6.07, 6.45) is 1.60. The normalized spacial score (nSPS) is 16.8. The van der Waals surface area contributed by atoms with Crippen LogP contribution in [0, 0.1) is 5.92 Å². The average Bonchev–Trinajstić information content (AvgIpc) is 3.27. The molecule has 4 N–H and O–H groups in total. The number of hydrogen-bond acceptors (Lipinski definition) is 6. The van der Waals surface area contributed by atoms with Crippen molar-refractivity contribution in [2.24, 2.45) is 5.92 Å². The number of carbonyl (C=O) groups excluding carboxylic acids is 4. The molecule has 10 nitrogen and oxygen atoms in total. The number of aliphatic carboxylic acids is 1. The van der Waals surface area contributed by atoms with Crippen LogP contribution in [0.4, 0.5) is 5.69 Å². The molecule has 1 fully saturated rings. The van der Waals surface area contributed by atoms with Crippen LogP contribution in [-0.4, -0.2) is 64.7 Å². The van der Waals surface area contributed by atoms with Gasteiger partial charge >= 0.3 is 5.97 Å². The van der Waals surface area contributed by atoms with E-state index in [9.17, 15) is 24.0 Å². The highest BCUT2D eigenvalue weighted by Crippen LogP contribution is 2.19. The van der Waals surface area contributed by atoms with E-state index in [0.717, 1.165) is 17.8 Å². The van der Waals surface area contributed by atoms with E-state index in [0.29, 0.717) is 37.2 Å². The first-order valence-electron chi connectivity index (χ1n) is 11.7. The second-order valence-electron chi connectivity index (χ2n) is 9.14. The smallest absolute Gasteiger partial charge is 0.305 e. The first-order valence-corrected chi connectivity index (χ1v) is 11.7. The molecule has 0 aromatic heterocycles. The van der Waals surface area contributed by atoms with Gasteiger partial charge in [-0.1, -0.05) is 20.4 Å². The van der Waals surface area contributed by atoms with Crippen LogP contribution in [0.25, 0.3) is 0 Å². The van der Waals surface area contributed by atoms with Gasteiger partial charge in [-0.05, 0) is 56.4 Å². The maximum Gasteiger partial charge on any atom is 0.305 e. The summed E-state index contributed by atoms with van der Waals surface area (Å²) in [5.41, 5.74) is 2.06. The summed E-state index contributed by atoms with van der Waals surface area (Å²) < 4.78 is 0. The molecule has 0 radical (unpaired) electrons. The molecular formula is C25H34N4O6. The van der Waals surface area contributed by atoms with E-state index in [1.54, 1.807) is 24.3 Å².